The van der Waals surface area contributed by atoms with E-state index < -0.39 is 5.97 Å². The molecular formula is C12H13O3. The predicted molar refractivity (Wildman–Crippen MR) is 55.8 cm³/mol. The van der Waals surface area contributed by atoms with Crippen LogP contribution in [0.15, 0.2) is 12.2 Å². The summed E-state index contributed by atoms with van der Waals surface area (Å²) in [5, 5.41) is 0. The van der Waals surface area contributed by atoms with E-state index in [4.69, 9.17) is 4.74 Å². The van der Waals surface area contributed by atoms with Crippen molar-refractivity contribution in [3.05, 3.63) is 43.3 Å². The Balaban J connectivity index is 2.50. The Hall–Kier alpha value is -1.12. The van der Waals surface area contributed by atoms with E-state index in [1.807, 2.05) is 0 Å². The normalized spacial score (nSPS) is 18.5. The first-order valence-electron chi connectivity index (χ1n) is 4.76. The molecule has 1 saturated carbocycles. The van der Waals surface area contributed by atoms with Gasteiger partial charge in [-0.05, 0) is 33.1 Å². The van der Waals surface area contributed by atoms with Crippen molar-refractivity contribution in [1.29, 1.82) is 0 Å². The molecule has 1 aliphatic carbocycles. The van der Waals surface area contributed by atoms with Gasteiger partial charge in [-0.25, -0.2) is 4.79 Å². The highest BCUT2D eigenvalue weighted by Crippen LogP contribution is 2.34. The maximum atomic E-state index is 11.1. The zero-order valence-corrected chi connectivity index (χ0v) is 8.82. The first-order chi connectivity index (χ1) is 7.15. The van der Waals surface area contributed by atoms with Gasteiger partial charge in [0.2, 0.25) is 0 Å². The Labute approximate surface area is 90.5 Å². The third kappa shape index (κ3) is 3.50. The van der Waals surface area contributed by atoms with Gasteiger partial charge in [0.15, 0.2) is 0 Å². The molecule has 0 aliphatic heterocycles. The molecule has 0 saturated heterocycles. The fraction of sp³-hybridized carbons (Fsp3) is 0.250. The van der Waals surface area contributed by atoms with Gasteiger partial charge in [-0.1, -0.05) is 6.08 Å². The van der Waals surface area contributed by atoms with Gasteiger partial charge in [0.25, 0.3) is 0 Å². The van der Waals surface area contributed by atoms with Gasteiger partial charge >= 0.3 is 5.97 Å². The summed E-state index contributed by atoms with van der Waals surface area (Å²) in [5.41, 5.74) is 0. The van der Waals surface area contributed by atoms with E-state index >= 15 is 0 Å². The lowest BCUT2D eigenvalue weighted by Crippen LogP contribution is -2.11. The number of ketones is 1. The van der Waals surface area contributed by atoms with Crippen molar-refractivity contribution >= 4 is 11.8 Å². The third-order valence-corrected chi connectivity index (χ3v) is 1.91. The minimum atomic E-state index is -0.395. The molecule has 0 amide bonds. The lowest BCUT2D eigenvalue weighted by atomic mass is 9.92. The number of esters is 1. The summed E-state index contributed by atoms with van der Waals surface area (Å²) in [6, 6.07) is 0. The van der Waals surface area contributed by atoms with Crippen LogP contribution in [0.5, 0.6) is 0 Å². The van der Waals surface area contributed by atoms with Crippen LogP contribution in [0.25, 0.3) is 0 Å². The molecule has 0 spiro atoms. The molecule has 0 bridgehead atoms. The maximum Gasteiger partial charge on any atom is 0.330 e. The average Bonchev–Trinajstić information content (AvgIpc) is 2.63. The van der Waals surface area contributed by atoms with Crippen LogP contribution in [-0.4, -0.2) is 18.4 Å². The van der Waals surface area contributed by atoms with E-state index in [0.29, 0.717) is 12.5 Å². The molecule has 79 valence electrons. The SMILES string of the molecule is CCOC(=O)/C=C/[C]1[CH][CH][CH][C]1C(C)=O. The summed E-state index contributed by atoms with van der Waals surface area (Å²) in [7, 11) is 0. The Bertz CT molecular complexity index is 268. The molecule has 0 aromatic rings. The van der Waals surface area contributed by atoms with Crippen LogP contribution < -0.4 is 0 Å². The Morgan fingerprint density at radius 2 is 2.13 bits per heavy atom. The number of hydrogen-bond donors (Lipinski definition) is 0. The molecule has 0 unspecified atom stereocenters. The first-order valence-corrected chi connectivity index (χ1v) is 4.76. The number of carbonyl (C=O) groups is 2. The van der Waals surface area contributed by atoms with E-state index in [2.05, 4.69) is 0 Å². The number of allylic oxidation sites excluding steroid dienone is 1. The minimum Gasteiger partial charge on any atom is -0.463 e. The number of rotatable bonds is 4. The van der Waals surface area contributed by atoms with Crippen LogP contribution in [0.4, 0.5) is 0 Å². The van der Waals surface area contributed by atoms with Crippen molar-refractivity contribution in [2.45, 2.75) is 13.8 Å². The molecule has 15 heavy (non-hydrogen) atoms. The molecule has 0 aromatic carbocycles. The lowest BCUT2D eigenvalue weighted by molar-refractivity contribution is -0.137. The van der Waals surface area contributed by atoms with Gasteiger partial charge in [-0.15, -0.1) is 0 Å². The number of ether oxygens (including phenoxy) is 1. The van der Waals surface area contributed by atoms with Crippen LogP contribution in [0.2, 0.25) is 0 Å². The summed E-state index contributed by atoms with van der Waals surface area (Å²) in [6.07, 6.45) is 8.21. The average molecular weight is 205 g/mol. The highest BCUT2D eigenvalue weighted by molar-refractivity contribution is 5.98. The minimum absolute atomic E-state index is 0.0106. The smallest absolute Gasteiger partial charge is 0.330 e. The highest BCUT2D eigenvalue weighted by atomic mass is 16.5. The topological polar surface area (TPSA) is 43.4 Å². The first kappa shape index (κ1) is 12.0. The fourth-order valence-corrected chi connectivity index (χ4v) is 1.25. The summed E-state index contributed by atoms with van der Waals surface area (Å²) >= 11 is 0. The van der Waals surface area contributed by atoms with Gasteiger partial charge < -0.3 is 4.74 Å². The lowest BCUT2D eigenvalue weighted by Gasteiger charge is -2.09. The van der Waals surface area contributed by atoms with Gasteiger partial charge in [0.05, 0.1) is 12.5 Å². The van der Waals surface area contributed by atoms with Gasteiger partial charge in [0.1, 0.15) is 5.78 Å². The molecular weight excluding hydrogens is 192 g/mol. The van der Waals surface area contributed by atoms with E-state index in [1.54, 1.807) is 32.3 Å². The molecule has 0 aromatic heterocycles. The highest BCUT2D eigenvalue weighted by Gasteiger charge is 2.30. The van der Waals surface area contributed by atoms with Crippen LogP contribution in [0.3, 0.4) is 0 Å². The van der Waals surface area contributed by atoms with Crippen LogP contribution in [0, 0.1) is 31.1 Å². The molecule has 1 rings (SSSR count). The molecule has 1 aliphatic rings. The van der Waals surface area contributed by atoms with Crippen molar-refractivity contribution < 1.29 is 14.3 Å². The standard InChI is InChI=1S/C12H13O3/c1-3-15-12(14)8-7-10-5-4-6-11(10)9(2)13/h4-8H,3H2,1-2H3/b8-7+. The fourth-order valence-electron chi connectivity index (χ4n) is 1.25. The van der Waals surface area contributed by atoms with Crippen molar-refractivity contribution in [3.8, 4) is 0 Å². The molecule has 1 fully saturated rings. The second-order valence-corrected chi connectivity index (χ2v) is 3.04. The monoisotopic (exact) mass is 205 g/mol. The molecule has 0 atom stereocenters. The second-order valence-electron chi connectivity index (χ2n) is 3.04. The number of Topliss-reactive ketones (excluding diaryl/α,β-unsaturated/α-hetero) is 1. The largest absolute Gasteiger partial charge is 0.463 e. The summed E-state index contributed by atoms with van der Waals surface area (Å²) in [5.74, 6) is 0.961. The van der Waals surface area contributed by atoms with Gasteiger partial charge in [-0.2, -0.15) is 0 Å². The Morgan fingerprint density at radius 1 is 1.40 bits per heavy atom. The Kier molecular flexibility index (Phi) is 4.53. The quantitative estimate of drug-likeness (QED) is 0.515. The van der Waals surface area contributed by atoms with Crippen molar-refractivity contribution in [2.24, 2.45) is 0 Å². The molecule has 0 heterocycles. The third-order valence-electron chi connectivity index (χ3n) is 1.91. The Morgan fingerprint density at radius 3 is 2.73 bits per heavy atom. The molecule has 0 N–H and O–H groups in total. The van der Waals surface area contributed by atoms with Crippen molar-refractivity contribution in [1.82, 2.24) is 0 Å². The summed E-state index contributed by atoms with van der Waals surface area (Å²) in [6.45, 7) is 3.59. The zero-order valence-electron chi connectivity index (χ0n) is 8.82. The van der Waals surface area contributed by atoms with Gasteiger partial charge in [-0.3, -0.25) is 4.79 Å². The van der Waals surface area contributed by atoms with Crippen LogP contribution in [-0.2, 0) is 14.3 Å². The van der Waals surface area contributed by atoms with E-state index in [9.17, 15) is 9.59 Å². The second kappa shape index (κ2) is 5.69. The van der Waals surface area contributed by atoms with E-state index in [1.165, 1.54) is 13.0 Å². The molecule has 3 nitrogen and oxygen atoms in total. The van der Waals surface area contributed by atoms with Crippen molar-refractivity contribution in [2.75, 3.05) is 6.61 Å². The number of carbonyl (C=O) groups excluding carboxylic acids is 2. The summed E-state index contributed by atoms with van der Waals surface area (Å²) < 4.78 is 4.73. The zero-order chi connectivity index (χ0) is 11.3. The van der Waals surface area contributed by atoms with Crippen LogP contribution in [0.1, 0.15) is 13.8 Å². The molecule has 3 heteroatoms. The van der Waals surface area contributed by atoms with Crippen LogP contribution >= 0.6 is 0 Å². The van der Waals surface area contributed by atoms with E-state index in [-0.39, 0.29) is 5.78 Å². The molecule has 5 radical (unpaired) electrons. The predicted octanol–water partition coefficient (Wildman–Crippen LogP) is 1.47. The van der Waals surface area contributed by atoms with Crippen molar-refractivity contribution in [3.63, 3.8) is 0 Å². The maximum absolute atomic E-state index is 11.1. The van der Waals surface area contributed by atoms with Gasteiger partial charge in [0, 0.05) is 12.0 Å². The number of hydrogen-bond acceptors (Lipinski definition) is 3. The van der Waals surface area contributed by atoms with E-state index in [0.717, 1.165) is 5.92 Å². The summed E-state index contributed by atoms with van der Waals surface area (Å²) in [4.78, 5) is 22.2.